The van der Waals surface area contributed by atoms with Crippen LogP contribution in [0.15, 0.2) is 34.6 Å². The molecule has 5 heteroatoms. The Kier molecular flexibility index (Phi) is 4.63. The van der Waals surface area contributed by atoms with E-state index >= 15 is 0 Å². The molecule has 0 atom stereocenters. The van der Waals surface area contributed by atoms with Gasteiger partial charge in [0.1, 0.15) is 0 Å². The maximum atomic E-state index is 11.5. The smallest absolute Gasteiger partial charge is 0.338 e. The van der Waals surface area contributed by atoms with Crippen LogP contribution in [0.4, 0.5) is 5.69 Å². The fraction of sp³-hybridized carbons (Fsp3) is 0.417. The van der Waals surface area contributed by atoms with Crippen molar-refractivity contribution in [2.45, 2.75) is 20.0 Å². The Morgan fingerprint density at radius 2 is 1.82 bits per heavy atom. The lowest BCUT2D eigenvalue weighted by atomic mass is 10.2. The summed E-state index contributed by atoms with van der Waals surface area (Å²) in [5, 5.41) is 9.42. The molecule has 0 N–H and O–H groups in total. The second-order valence-corrected chi connectivity index (χ2v) is 4.04. The van der Waals surface area contributed by atoms with Gasteiger partial charge in [-0.2, -0.15) is 0 Å². The van der Waals surface area contributed by atoms with E-state index in [1.165, 1.54) is 0 Å². The van der Waals surface area contributed by atoms with E-state index in [1.54, 1.807) is 43.4 Å². The number of rotatable bonds is 4. The molecule has 92 valence electrons. The molecule has 0 amide bonds. The molecule has 0 heterocycles. The van der Waals surface area contributed by atoms with Crippen molar-refractivity contribution in [3.05, 3.63) is 29.8 Å². The topological polar surface area (TPSA) is 54.3 Å². The van der Waals surface area contributed by atoms with Crippen molar-refractivity contribution in [2.75, 3.05) is 14.1 Å². The van der Waals surface area contributed by atoms with Crippen LogP contribution >= 0.6 is 0 Å². The molecule has 0 aliphatic carbocycles. The van der Waals surface area contributed by atoms with Gasteiger partial charge >= 0.3 is 5.97 Å². The van der Waals surface area contributed by atoms with Crippen molar-refractivity contribution in [2.24, 2.45) is 10.3 Å². The van der Waals surface area contributed by atoms with Crippen LogP contribution in [0.2, 0.25) is 0 Å². The van der Waals surface area contributed by atoms with E-state index in [2.05, 4.69) is 10.3 Å². The zero-order chi connectivity index (χ0) is 12.8. The molecular weight excluding hydrogens is 218 g/mol. The van der Waals surface area contributed by atoms with E-state index in [1.807, 2.05) is 13.8 Å². The zero-order valence-corrected chi connectivity index (χ0v) is 10.5. The van der Waals surface area contributed by atoms with Crippen LogP contribution in [0.25, 0.3) is 0 Å². The number of ether oxygens (including phenoxy) is 1. The van der Waals surface area contributed by atoms with Gasteiger partial charge in [0.2, 0.25) is 0 Å². The highest BCUT2D eigenvalue weighted by Crippen LogP contribution is 2.14. The summed E-state index contributed by atoms with van der Waals surface area (Å²) in [6.07, 6.45) is -0.115. The molecule has 5 nitrogen and oxygen atoms in total. The van der Waals surface area contributed by atoms with Crippen LogP contribution in [0.5, 0.6) is 0 Å². The average Bonchev–Trinajstić information content (AvgIpc) is 2.26. The van der Waals surface area contributed by atoms with Gasteiger partial charge in [0.15, 0.2) is 0 Å². The number of nitrogens with zero attached hydrogens (tertiary/aromatic N) is 3. The largest absolute Gasteiger partial charge is 0.459 e. The molecule has 0 saturated carbocycles. The first kappa shape index (κ1) is 13.2. The second kappa shape index (κ2) is 5.98. The highest BCUT2D eigenvalue weighted by Gasteiger charge is 2.08. The van der Waals surface area contributed by atoms with Crippen LogP contribution in [0, 0.1) is 0 Å². The first-order valence-electron chi connectivity index (χ1n) is 5.39. The molecule has 1 rings (SSSR count). The highest BCUT2D eigenvalue weighted by atomic mass is 16.5. The van der Waals surface area contributed by atoms with Crippen LogP contribution in [0.3, 0.4) is 0 Å². The number of esters is 1. The minimum absolute atomic E-state index is 0.115. The van der Waals surface area contributed by atoms with Crippen LogP contribution in [0.1, 0.15) is 24.2 Å². The lowest BCUT2D eigenvalue weighted by Gasteiger charge is -2.07. The highest BCUT2D eigenvalue weighted by molar-refractivity contribution is 5.89. The van der Waals surface area contributed by atoms with Crippen molar-refractivity contribution in [1.29, 1.82) is 0 Å². The summed E-state index contributed by atoms with van der Waals surface area (Å²) in [5.41, 5.74) is 1.21. The van der Waals surface area contributed by atoms with Gasteiger partial charge in [-0.15, -0.1) is 5.11 Å². The third kappa shape index (κ3) is 4.63. The predicted molar refractivity (Wildman–Crippen MR) is 65.2 cm³/mol. The van der Waals surface area contributed by atoms with Gasteiger partial charge in [0, 0.05) is 14.1 Å². The fourth-order valence-electron chi connectivity index (χ4n) is 1.09. The van der Waals surface area contributed by atoms with Crippen LogP contribution in [-0.4, -0.2) is 31.2 Å². The molecule has 0 fully saturated rings. The zero-order valence-electron chi connectivity index (χ0n) is 10.5. The van der Waals surface area contributed by atoms with Gasteiger partial charge in [0.25, 0.3) is 0 Å². The third-order valence-electron chi connectivity index (χ3n) is 1.78. The molecule has 1 aromatic rings. The molecule has 0 saturated heterocycles. The van der Waals surface area contributed by atoms with Crippen molar-refractivity contribution in [3.8, 4) is 0 Å². The van der Waals surface area contributed by atoms with Gasteiger partial charge in [-0.1, -0.05) is 5.22 Å². The molecule has 0 aliphatic rings. The minimum Gasteiger partial charge on any atom is -0.459 e. The standard InChI is InChI=1S/C12H17N3O2/c1-9(2)17-12(16)10-5-7-11(8-6-10)13-14-15(3)4/h5-9H,1-4H3. The Hall–Kier alpha value is -1.91. The SMILES string of the molecule is CC(C)OC(=O)c1ccc(N=NN(C)C)cc1. The molecule has 0 radical (unpaired) electrons. The summed E-state index contributed by atoms with van der Waals surface area (Å²) < 4.78 is 5.07. The maximum absolute atomic E-state index is 11.5. The Morgan fingerprint density at radius 3 is 2.29 bits per heavy atom. The van der Waals surface area contributed by atoms with Crippen molar-refractivity contribution in [3.63, 3.8) is 0 Å². The normalized spacial score (nSPS) is 10.9. The maximum Gasteiger partial charge on any atom is 0.338 e. The van der Waals surface area contributed by atoms with E-state index in [0.29, 0.717) is 11.3 Å². The molecule has 0 aliphatic heterocycles. The van der Waals surface area contributed by atoms with E-state index in [9.17, 15) is 4.79 Å². The lowest BCUT2D eigenvalue weighted by Crippen LogP contribution is -2.11. The van der Waals surface area contributed by atoms with E-state index in [4.69, 9.17) is 4.74 Å². The fourth-order valence-corrected chi connectivity index (χ4v) is 1.09. The number of benzene rings is 1. The van der Waals surface area contributed by atoms with Gasteiger partial charge in [-0.3, -0.25) is 5.01 Å². The number of hydrogen-bond donors (Lipinski definition) is 0. The molecule has 0 spiro atoms. The summed E-state index contributed by atoms with van der Waals surface area (Å²) in [4.78, 5) is 11.5. The monoisotopic (exact) mass is 235 g/mol. The van der Waals surface area contributed by atoms with Crippen molar-refractivity contribution in [1.82, 2.24) is 5.01 Å². The quantitative estimate of drug-likeness (QED) is 0.458. The minimum atomic E-state index is -0.323. The second-order valence-electron chi connectivity index (χ2n) is 4.04. The Labute approximate surface area is 101 Å². The molecule has 17 heavy (non-hydrogen) atoms. The summed E-state index contributed by atoms with van der Waals surface area (Å²) in [6, 6.07) is 6.80. The predicted octanol–water partition coefficient (Wildman–Crippen LogP) is 2.81. The van der Waals surface area contributed by atoms with Crippen LogP contribution in [-0.2, 0) is 4.74 Å². The van der Waals surface area contributed by atoms with Gasteiger partial charge < -0.3 is 4.74 Å². The van der Waals surface area contributed by atoms with Gasteiger partial charge in [-0.05, 0) is 38.1 Å². The number of hydrogen-bond acceptors (Lipinski definition) is 4. The van der Waals surface area contributed by atoms with Crippen LogP contribution < -0.4 is 0 Å². The molecule has 0 unspecified atom stereocenters. The average molecular weight is 235 g/mol. The Balaban J connectivity index is 2.71. The van der Waals surface area contributed by atoms with E-state index in [-0.39, 0.29) is 12.1 Å². The third-order valence-corrected chi connectivity index (χ3v) is 1.78. The first-order chi connectivity index (χ1) is 7.99. The summed E-state index contributed by atoms with van der Waals surface area (Å²) >= 11 is 0. The molecular formula is C12H17N3O2. The van der Waals surface area contributed by atoms with Crippen molar-refractivity contribution >= 4 is 11.7 Å². The Bertz CT molecular complexity index is 397. The van der Waals surface area contributed by atoms with Crippen molar-refractivity contribution < 1.29 is 9.53 Å². The summed E-state index contributed by atoms with van der Waals surface area (Å²) in [6.45, 7) is 3.63. The first-order valence-corrected chi connectivity index (χ1v) is 5.39. The molecule has 1 aromatic carbocycles. The van der Waals surface area contributed by atoms with Gasteiger partial charge in [-0.25, -0.2) is 4.79 Å². The molecule has 0 aromatic heterocycles. The lowest BCUT2D eigenvalue weighted by molar-refractivity contribution is 0.0378. The Morgan fingerprint density at radius 1 is 1.24 bits per heavy atom. The summed E-state index contributed by atoms with van der Waals surface area (Å²) in [7, 11) is 3.58. The number of carbonyl (C=O) groups excluding carboxylic acids is 1. The summed E-state index contributed by atoms with van der Waals surface area (Å²) in [5.74, 6) is -0.323. The van der Waals surface area contributed by atoms with E-state index in [0.717, 1.165) is 0 Å². The van der Waals surface area contributed by atoms with Gasteiger partial charge in [0.05, 0.1) is 17.4 Å². The molecule has 0 bridgehead atoms. The number of carbonyl (C=O) groups is 1. The van der Waals surface area contributed by atoms with E-state index < -0.39 is 0 Å².